The fourth-order valence-electron chi connectivity index (χ4n) is 1.32. The highest BCUT2D eigenvalue weighted by atomic mass is 16.3. The van der Waals surface area contributed by atoms with Crippen molar-refractivity contribution in [2.45, 2.75) is 33.3 Å². The molecule has 0 spiro atoms. The second-order valence-corrected chi connectivity index (χ2v) is 3.26. The molecule has 11 heavy (non-hydrogen) atoms. The van der Waals surface area contributed by atoms with Crippen molar-refractivity contribution >= 4 is 0 Å². The van der Waals surface area contributed by atoms with Crippen molar-refractivity contribution in [2.24, 2.45) is 5.92 Å². The first kappa shape index (κ1) is 8.54. The van der Waals surface area contributed by atoms with Crippen LogP contribution in [0.15, 0.2) is 23.3 Å². The van der Waals surface area contributed by atoms with Crippen LogP contribution in [0.3, 0.4) is 0 Å². The molecule has 1 aliphatic rings. The highest BCUT2D eigenvalue weighted by Crippen LogP contribution is 2.24. The summed E-state index contributed by atoms with van der Waals surface area (Å²) < 4.78 is 0. The number of rotatable bonds is 1. The standard InChI is InChI=1S/C10H16O/c1-4-9-5-7(2)8(3)10(11)6-9/h5-6,8,10-11H,4H2,1-3H3. The molecule has 2 atom stereocenters. The van der Waals surface area contributed by atoms with Crippen molar-refractivity contribution in [3.8, 4) is 0 Å². The zero-order valence-corrected chi connectivity index (χ0v) is 7.46. The van der Waals surface area contributed by atoms with E-state index in [0.717, 1.165) is 6.42 Å². The van der Waals surface area contributed by atoms with Crippen molar-refractivity contribution in [3.63, 3.8) is 0 Å². The number of aliphatic hydroxyl groups is 1. The molecule has 1 aliphatic carbocycles. The van der Waals surface area contributed by atoms with Crippen LogP contribution in [-0.2, 0) is 0 Å². The van der Waals surface area contributed by atoms with Crippen LogP contribution < -0.4 is 0 Å². The van der Waals surface area contributed by atoms with Crippen LogP contribution in [0.2, 0.25) is 0 Å². The first-order chi connectivity index (χ1) is 5.15. The Balaban J connectivity index is 2.82. The Morgan fingerprint density at radius 2 is 2.18 bits per heavy atom. The van der Waals surface area contributed by atoms with Gasteiger partial charge in [-0.3, -0.25) is 0 Å². The van der Waals surface area contributed by atoms with Crippen LogP contribution in [0.4, 0.5) is 0 Å². The minimum atomic E-state index is -0.269. The molecular formula is C10H16O. The van der Waals surface area contributed by atoms with Crippen LogP contribution >= 0.6 is 0 Å². The Bertz CT molecular complexity index is 201. The van der Waals surface area contributed by atoms with E-state index >= 15 is 0 Å². The maximum absolute atomic E-state index is 9.53. The lowest BCUT2D eigenvalue weighted by molar-refractivity contribution is 0.177. The van der Waals surface area contributed by atoms with E-state index in [-0.39, 0.29) is 6.10 Å². The number of allylic oxidation sites excluding steroid dienone is 2. The van der Waals surface area contributed by atoms with Gasteiger partial charge >= 0.3 is 0 Å². The summed E-state index contributed by atoms with van der Waals surface area (Å²) in [5.74, 6) is 0.297. The molecule has 0 radical (unpaired) electrons. The predicted molar refractivity (Wildman–Crippen MR) is 47.3 cm³/mol. The van der Waals surface area contributed by atoms with Gasteiger partial charge < -0.3 is 5.11 Å². The first-order valence-corrected chi connectivity index (χ1v) is 4.22. The van der Waals surface area contributed by atoms with Crippen LogP contribution in [0.1, 0.15) is 27.2 Å². The van der Waals surface area contributed by atoms with Crippen LogP contribution in [-0.4, -0.2) is 11.2 Å². The molecule has 2 unspecified atom stereocenters. The van der Waals surface area contributed by atoms with E-state index in [4.69, 9.17) is 0 Å². The van der Waals surface area contributed by atoms with E-state index in [2.05, 4.69) is 26.8 Å². The minimum Gasteiger partial charge on any atom is -0.388 e. The summed E-state index contributed by atoms with van der Waals surface area (Å²) in [5.41, 5.74) is 2.55. The quantitative estimate of drug-likeness (QED) is 0.611. The fourth-order valence-corrected chi connectivity index (χ4v) is 1.32. The van der Waals surface area contributed by atoms with Gasteiger partial charge in [-0.05, 0) is 18.9 Å². The number of hydrogen-bond acceptors (Lipinski definition) is 1. The second kappa shape index (κ2) is 3.22. The molecule has 1 heteroatoms. The molecule has 0 heterocycles. The fraction of sp³-hybridized carbons (Fsp3) is 0.600. The van der Waals surface area contributed by atoms with E-state index in [0.29, 0.717) is 5.92 Å². The summed E-state index contributed by atoms with van der Waals surface area (Å²) in [4.78, 5) is 0. The zero-order valence-electron chi connectivity index (χ0n) is 7.46. The molecule has 0 aromatic rings. The van der Waals surface area contributed by atoms with Gasteiger partial charge in [-0.15, -0.1) is 0 Å². The Labute approximate surface area is 68.4 Å². The Morgan fingerprint density at radius 1 is 1.55 bits per heavy atom. The van der Waals surface area contributed by atoms with Crippen LogP contribution in [0.5, 0.6) is 0 Å². The van der Waals surface area contributed by atoms with Gasteiger partial charge in [0.05, 0.1) is 6.10 Å². The summed E-state index contributed by atoms with van der Waals surface area (Å²) in [7, 11) is 0. The smallest absolute Gasteiger partial charge is 0.0789 e. The van der Waals surface area contributed by atoms with Crippen molar-refractivity contribution < 1.29 is 5.11 Å². The molecule has 1 rings (SSSR count). The van der Waals surface area contributed by atoms with Gasteiger partial charge in [0.1, 0.15) is 0 Å². The Hall–Kier alpha value is -0.560. The summed E-state index contributed by atoms with van der Waals surface area (Å²) in [6.07, 6.45) is 4.88. The van der Waals surface area contributed by atoms with Gasteiger partial charge in [0.25, 0.3) is 0 Å². The van der Waals surface area contributed by atoms with E-state index in [9.17, 15) is 5.11 Å². The third-order valence-electron chi connectivity index (χ3n) is 2.44. The van der Waals surface area contributed by atoms with Gasteiger partial charge in [0, 0.05) is 5.92 Å². The van der Waals surface area contributed by atoms with Crippen molar-refractivity contribution in [1.82, 2.24) is 0 Å². The molecule has 0 saturated heterocycles. The molecule has 1 nitrogen and oxygen atoms in total. The number of hydrogen-bond donors (Lipinski definition) is 1. The monoisotopic (exact) mass is 152 g/mol. The predicted octanol–water partition coefficient (Wildman–Crippen LogP) is 2.28. The second-order valence-electron chi connectivity index (χ2n) is 3.26. The summed E-state index contributed by atoms with van der Waals surface area (Å²) in [6.45, 7) is 6.24. The van der Waals surface area contributed by atoms with Crippen LogP contribution in [0.25, 0.3) is 0 Å². The highest BCUT2D eigenvalue weighted by molar-refractivity contribution is 5.30. The van der Waals surface area contributed by atoms with E-state index < -0.39 is 0 Å². The lowest BCUT2D eigenvalue weighted by Gasteiger charge is -2.22. The third-order valence-corrected chi connectivity index (χ3v) is 2.44. The molecule has 0 fully saturated rings. The van der Waals surface area contributed by atoms with Crippen molar-refractivity contribution in [1.29, 1.82) is 0 Å². The average molecular weight is 152 g/mol. The van der Waals surface area contributed by atoms with E-state index in [1.807, 2.05) is 6.08 Å². The largest absolute Gasteiger partial charge is 0.388 e. The average Bonchev–Trinajstić information content (AvgIpc) is 1.99. The topological polar surface area (TPSA) is 20.2 Å². The van der Waals surface area contributed by atoms with Gasteiger partial charge in [-0.1, -0.05) is 31.6 Å². The zero-order chi connectivity index (χ0) is 8.43. The summed E-state index contributed by atoms with van der Waals surface area (Å²) >= 11 is 0. The van der Waals surface area contributed by atoms with E-state index in [1.165, 1.54) is 11.1 Å². The molecule has 0 amide bonds. The normalized spacial score (nSPS) is 31.3. The highest BCUT2D eigenvalue weighted by Gasteiger charge is 2.17. The molecule has 0 aromatic heterocycles. The van der Waals surface area contributed by atoms with Crippen LogP contribution in [0, 0.1) is 5.92 Å². The molecule has 0 bridgehead atoms. The molecule has 0 aromatic carbocycles. The first-order valence-electron chi connectivity index (χ1n) is 4.22. The Morgan fingerprint density at radius 3 is 2.64 bits per heavy atom. The van der Waals surface area contributed by atoms with Crippen molar-refractivity contribution in [2.75, 3.05) is 0 Å². The summed E-state index contributed by atoms with van der Waals surface area (Å²) in [5, 5.41) is 9.53. The molecule has 1 N–H and O–H groups in total. The van der Waals surface area contributed by atoms with Gasteiger partial charge in [-0.2, -0.15) is 0 Å². The Kier molecular flexibility index (Phi) is 2.50. The lowest BCUT2D eigenvalue weighted by atomic mass is 9.88. The van der Waals surface area contributed by atoms with Gasteiger partial charge in [0.2, 0.25) is 0 Å². The molecule has 62 valence electrons. The molecular weight excluding hydrogens is 136 g/mol. The van der Waals surface area contributed by atoms with Gasteiger partial charge in [0.15, 0.2) is 0 Å². The maximum atomic E-state index is 9.53. The SMILES string of the molecule is CCC1=CC(O)C(C)C(C)=C1. The minimum absolute atomic E-state index is 0.269. The molecule has 0 aliphatic heterocycles. The van der Waals surface area contributed by atoms with Gasteiger partial charge in [-0.25, -0.2) is 0 Å². The maximum Gasteiger partial charge on any atom is 0.0789 e. The third kappa shape index (κ3) is 1.72. The summed E-state index contributed by atoms with van der Waals surface area (Å²) in [6, 6.07) is 0. The van der Waals surface area contributed by atoms with Crippen molar-refractivity contribution in [3.05, 3.63) is 23.3 Å². The lowest BCUT2D eigenvalue weighted by Crippen LogP contribution is -2.19. The number of aliphatic hydroxyl groups excluding tert-OH is 1. The molecule has 0 saturated carbocycles. The van der Waals surface area contributed by atoms with E-state index in [1.54, 1.807) is 0 Å².